The molecule has 1 saturated heterocycles. The number of carbonyl (C=O) groups is 1. The van der Waals surface area contributed by atoms with Gasteiger partial charge in [-0.05, 0) is 50.9 Å². The summed E-state index contributed by atoms with van der Waals surface area (Å²) in [5.74, 6) is 1.16. The third kappa shape index (κ3) is 4.53. The minimum Gasteiger partial charge on any atom is -0.464 e. The van der Waals surface area contributed by atoms with E-state index in [2.05, 4.69) is 25.9 Å². The minimum absolute atomic E-state index is 0.0789. The number of aryl methyl sites for hydroxylation is 1. The molecule has 2 aliphatic rings. The molecular formula is C25H31N5O3. The Bertz CT molecular complexity index is 1180. The number of carbonyl (C=O) groups excluding carboxylic acids is 1. The van der Waals surface area contributed by atoms with E-state index in [9.17, 15) is 9.59 Å². The van der Waals surface area contributed by atoms with E-state index in [1.54, 1.807) is 19.4 Å². The Hall–Kier alpha value is -3.13. The highest BCUT2D eigenvalue weighted by atomic mass is 16.3. The zero-order chi connectivity index (χ0) is 22.8. The second kappa shape index (κ2) is 9.39. The smallest absolute Gasteiger partial charge is 0.251 e. The molecule has 5 rings (SSSR count). The second-order valence-electron chi connectivity index (χ2n) is 9.26. The third-order valence-electron chi connectivity index (χ3n) is 6.96. The Kier molecular flexibility index (Phi) is 6.17. The molecule has 1 aliphatic heterocycles. The Morgan fingerprint density at radius 3 is 2.85 bits per heavy atom. The number of fused-ring (bicyclic) bond motifs is 1. The molecule has 2 atom stereocenters. The van der Waals surface area contributed by atoms with Crippen LogP contribution in [0.15, 0.2) is 39.9 Å². The fourth-order valence-corrected chi connectivity index (χ4v) is 5.07. The highest BCUT2D eigenvalue weighted by molar-refractivity contribution is 5.98. The van der Waals surface area contributed by atoms with Crippen molar-refractivity contribution >= 4 is 22.6 Å². The van der Waals surface area contributed by atoms with Crippen LogP contribution < -0.4 is 21.5 Å². The van der Waals surface area contributed by atoms with Crippen LogP contribution in [0, 0.1) is 12.8 Å². The lowest BCUT2D eigenvalue weighted by Gasteiger charge is -2.34. The predicted molar refractivity (Wildman–Crippen MR) is 128 cm³/mol. The monoisotopic (exact) mass is 449 g/mol. The van der Waals surface area contributed by atoms with Crippen molar-refractivity contribution in [2.45, 2.75) is 57.5 Å². The van der Waals surface area contributed by atoms with E-state index in [4.69, 9.17) is 4.42 Å². The summed E-state index contributed by atoms with van der Waals surface area (Å²) in [6.45, 7) is 3.23. The van der Waals surface area contributed by atoms with E-state index in [1.807, 2.05) is 18.2 Å². The Labute approximate surface area is 192 Å². The molecule has 1 aliphatic carbocycles. The van der Waals surface area contributed by atoms with Gasteiger partial charge in [0.05, 0.1) is 17.7 Å². The molecule has 0 unspecified atom stereocenters. The summed E-state index contributed by atoms with van der Waals surface area (Å²) in [4.78, 5) is 33.3. The van der Waals surface area contributed by atoms with Gasteiger partial charge in [0.15, 0.2) is 5.82 Å². The summed E-state index contributed by atoms with van der Waals surface area (Å²) >= 11 is 0. The standard InChI is InChI=1S/C25H31N5O3/c1-15-12-17-18(21-8-5-11-33-21)14-27-23(22(17)30-24(15)31)29-20-9-10-26-13-19(20)25(32)28-16-6-3-2-4-7-16/h5,8,11-12,14,16,19-20,26H,2-4,6-7,9-10,13H2,1H3,(H,27,29)(H,28,32)(H,30,31)/t19-,20-/m0/s1. The van der Waals surface area contributed by atoms with Crippen LogP contribution in [0.5, 0.6) is 0 Å². The third-order valence-corrected chi connectivity index (χ3v) is 6.96. The van der Waals surface area contributed by atoms with Gasteiger partial charge in [-0.2, -0.15) is 0 Å². The van der Waals surface area contributed by atoms with Gasteiger partial charge >= 0.3 is 0 Å². The predicted octanol–water partition coefficient (Wildman–Crippen LogP) is 3.33. The largest absolute Gasteiger partial charge is 0.464 e. The van der Waals surface area contributed by atoms with Gasteiger partial charge in [0.1, 0.15) is 5.76 Å². The summed E-state index contributed by atoms with van der Waals surface area (Å²) in [5.41, 5.74) is 1.92. The number of piperidine rings is 1. The number of hydrogen-bond acceptors (Lipinski definition) is 6. The Morgan fingerprint density at radius 2 is 2.06 bits per heavy atom. The molecule has 0 bridgehead atoms. The number of anilines is 1. The van der Waals surface area contributed by atoms with Gasteiger partial charge in [0.25, 0.3) is 5.56 Å². The summed E-state index contributed by atoms with van der Waals surface area (Å²) in [6, 6.07) is 5.78. The lowest BCUT2D eigenvalue weighted by Crippen LogP contribution is -2.53. The van der Waals surface area contributed by atoms with Crippen LogP contribution in [0.4, 0.5) is 5.82 Å². The normalized spacial score (nSPS) is 21.7. The van der Waals surface area contributed by atoms with E-state index in [0.717, 1.165) is 36.8 Å². The molecule has 4 N–H and O–H groups in total. The first-order chi connectivity index (χ1) is 16.1. The lowest BCUT2D eigenvalue weighted by atomic mass is 9.90. The first kappa shape index (κ1) is 21.7. The van der Waals surface area contributed by atoms with Crippen molar-refractivity contribution in [1.29, 1.82) is 0 Å². The van der Waals surface area contributed by atoms with Crippen LogP contribution >= 0.6 is 0 Å². The van der Waals surface area contributed by atoms with Crippen molar-refractivity contribution in [2.24, 2.45) is 5.92 Å². The van der Waals surface area contributed by atoms with Gasteiger partial charge in [0.2, 0.25) is 5.91 Å². The average Bonchev–Trinajstić information content (AvgIpc) is 3.36. The molecule has 174 valence electrons. The van der Waals surface area contributed by atoms with Crippen LogP contribution in [0.1, 0.15) is 44.1 Å². The quantitative estimate of drug-likeness (QED) is 0.475. The number of H-pyrrole nitrogens is 1. The summed E-state index contributed by atoms with van der Waals surface area (Å²) in [7, 11) is 0. The first-order valence-electron chi connectivity index (χ1n) is 11.9. The number of rotatable bonds is 5. The second-order valence-corrected chi connectivity index (χ2v) is 9.26. The molecule has 8 nitrogen and oxygen atoms in total. The molecule has 3 aromatic heterocycles. The van der Waals surface area contributed by atoms with Crippen LogP contribution in [-0.2, 0) is 4.79 Å². The van der Waals surface area contributed by atoms with Crippen molar-refractivity contribution in [2.75, 3.05) is 18.4 Å². The SMILES string of the molecule is Cc1cc2c(-c3ccco3)cnc(N[C@H]3CCNC[C@@H]3C(=O)NC3CCCCC3)c2[nH]c1=O. The van der Waals surface area contributed by atoms with Crippen LogP contribution in [0.3, 0.4) is 0 Å². The summed E-state index contributed by atoms with van der Waals surface area (Å²) < 4.78 is 5.59. The van der Waals surface area contributed by atoms with Crippen LogP contribution in [-0.4, -0.2) is 41.0 Å². The van der Waals surface area contributed by atoms with E-state index in [1.165, 1.54) is 19.3 Å². The maximum absolute atomic E-state index is 13.2. The van der Waals surface area contributed by atoms with Crippen molar-refractivity contribution < 1.29 is 9.21 Å². The van der Waals surface area contributed by atoms with Gasteiger partial charge in [-0.3, -0.25) is 9.59 Å². The number of hydrogen-bond donors (Lipinski definition) is 4. The fourth-order valence-electron chi connectivity index (χ4n) is 5.07. The fraction of sp³-hybridized carbons (Fsp3) is 0.480. The first-order valence-corrected chi connectivity index (χ1v) is 11.9. The van der Waals surface area contributed by atoms with Gasteiger partial charge in [-0.25, -0.2) is 4.98 Å². The summed E-state index contributed by atoms with van der Waals surface area (Å²) in [6.07, 6.45) is 9.92. The summed E-state index contributed by atoms with van der Waals surface area (Å²) in [5, 5.41) is 11.0. The molecule has 8 heteroatoms. The Morgan fingerprint density at radius 1 is 1.21 bits per heavy atom. The topological polar surface area (TPSA) is 112 Å². The van der Waals surface area contributed by atoms with Crippen molar-refractivity contribution in [1.82, 2.24) is 20.6 Å². The van der Waals surface area contributed by atoms with Crippen molar-refractivity contribution in [3.63, 3.8) is 0 Å². The van der Waals surface area contributed by atoms with Crippen molar-refractivity contribution in [3.05, 3.63) is 46.6 Å². The lowest BCUT2D eigenvalue weighted by molar-refractivity contribution is -0.126. The number of nitrogens with one attached hydrogen (secondary N) is 4. The van der Waals surface area contributed by atoms with Gasteiger partial charge in [0, 0.05) is 41.3 Å². The maximum atomic E-state index is 13.2. The zero-order valence-corrected chi connectivity index (χ0v) is 18.9. The van der Waals surface area contributed by atoms with Crippen LogP contribution in [0.25, 0.3) is 22.2 Å². The van der Waals surface area contributed by atoms with Crippen LogP contribution in [0.2, 0.25) is 0 Å². The highest BCUT2D eigenvalue weighted by Crippen LogP contribution is 2.32. The minimum atomic E-state index is -0.209. The number of pyridine rings is 2. The molecule has 0 spiro atoms. The molecule has 33 heavy (non-hydrogen) atoms. The van der Waals surface area contributed by atoms with E-state index in [-0.39, 0.29) is 29.5 Å². The zero-order valence-electron chi connectivity index (χ0n) is 18.9. The van der Waals surface area contributed by atoms with E-state index in [0.29, 0.717) is 29.2 Å². The average molecular weight is 450 g/mol. The molecule has 1 saturated carbocycles. The molecule has 2 fully saturated rings. The van der Waals surface area contributed by atoms with E-state index >= 15 is 0 Å². The molecular weight excluding hydrogens is 418 g/mol. The molecule has 3 aromatic rings. The molecule has 1 amide bonds. The van der Waals surface area contributed by atoms with E-state index < -0.39 is 0 Å². The molecule has 0 radical (unpaired) electrons. The number of aromatic nitrogens is 2. The maximum Gasteiger partial charge on any atom is 0.251 e. The van der Waals surface area contributed by atoms with Crippen molar-refractivity contribution in [3.8, 4) is 11.3 Å². The Balaban J connectivity index is 1.44. The van der Waals surface area contributed by atoms with Gasteiger partial charge < -0.3 is 25.4 Å². The molecule has 4 heterocycles. The number of aromatic amines is 1. The highest BCUT2D eigenvalue weighted by Gasteiger charge is 2.33. The molecule has 0 aromatic carbocycles. The number of furan rings is 1. The number of nitrogens with zero attached hydrogens (tertiary/aromatic N) is 1. The van der Waals surface area contributed by atoms with Gasteiger partial charge in [-0.15, -0.1) is 0 Å². The van der Waals surface area contributed by atoms with Gasteiger partial charge in [-0.1, -0.05) is 19.3 Å². The number of amides is 1.